The van der Waals surface area contributed by atoms with Crippen molar-refractivity contribution in [2.45, 2.75) is 38.9 Å². The van der Waals surface area contributed by atoms with E-state index in [1.54, 1.807) is 0 Å². The molecule has 0 aliphatic rings. The molecule has 0 amide bonds. The summed E-state index contributed by atoms with van der Waals surface area (Å²) in [4.78, 5) is 7.76. The van der Waals surface area contributed by atoms with Gasteiger partial charge in [0.25, 0.3) is 0 Å². The molecule has 0 spiro atoms. The predicted octanol–water partition coefficient (Wildman–Crippen LogP) is 4.22. The van der Waals surface area contributed by atoms with E-state index in [9.17, 15) is 0 Å². The van der Waals surface area contributed by atoms with Crippen LogP contribution in [-0.2, 0) is 4.43 Å². The lowest BCUT2D eigenvalue weighted by molar-refractivity contribution is 0.301. The van der Waals surface area contributed by atoms with Gasteiger partial charge in [-0.3, -0.25) is 0 Å². The molecule has 0 unspecified atom stereocenters. The molecule has 1 aromatic heterocycles. The van der Waals surface area contributed by atoms with Crippen molar-refractivity contribution in [1.29, 1.82) is 0 Å². The van der Waals surface area contributed by atoms with E-state index >= 15 is 0 Å². The summed E-state index contributed by atoms with van der Waals surface area (Å²) in [5, 5.41) is 3.97. The van der Waals surface area contributed by atoms with Crippen LogP contribution in [0, 0.1) is 0 Å². The van der Waals surface area contributed by atoms with Gasteiger partial charge in [-0.15, -0.1) is 0 Å². The first-order chi connectivity index (χ1) is 8.65. The number of hydrogen-bond donors (Lipinski definition) is 1. The third kappa shape index (κ3) is 4.59. The molecule has 0 bridgehead atoms. The quantitative estimate of drug-likeness (QED) is 0.501. The van der Waals surface area contributed by atoms with Gasteiger partial charge in [0.1, 0.15) is 12.0 Å². The largest absolute Gasteiger partial charge is 0.415 e. The van der Waals surface area contributed by atoms with Gasteiger partial charge >= 0.3 is 0 Å². The Labute approximate surface area is 126 Å². The highest BCUT2D eigenvalue weighted by atomic mass is 35.5. The molecule has 0 aliphatic heterocycles. The van der Waals surface area contributed by atoms with Crippen LogP contribution in [0.25, 0.3) is 0 Å². The maximum Gasteiger partial charge on any atom is 0.192 e. The van der Waals surface area contributed by atoms with Gasteiger partial charge in [-0.25, -0.2) is 9.97 Å². The zero-order valence-electron chi connectivity index (χ0n) is 12.1. The molecule has 4 nitrogen and oxygen atoms in total. The fraction of sp³-hybridized carbons (Fsp3) is 0.667. The Morgan fingerprint density at radius 3 is 2.21 bits per heavy atom. The van der Waals surface area contributed by atoms with Crippen LogP contribution in [0.15, 0.2) is 6.33 Å². The van der Waals surface area contributed by atoms with E-state index < -0.39 is 8.32 Å². The summed E-state index contributed by atoms with van der Waals surface area (Å²) in [6.07, 6.45) is 1.34. The Balaban J connectivity index is 2.48. The SMILES string of the molecule is CC(C)(C)[Si](C)(C)OCCNc1c(Cl)ncnc1Cl. The average molecular weight is 322 g/mol. The standard InChI is InChI=1S/C12H21Cl2N3OSi/c1-12(2,3)19(4,5)18-7-6-15-9-10(13)16-8-17-11(9)14/h8,15H,6-7H2,1-5H3. The molecule has 108 valence electrons. The smallest absolute Gasteiger partial charge is 0.192 e. The van der Waals surface area contributed by atoms with Gasteiger partial charge in [0.15, 0.2) is 18.6 Å². The minimum atomic E-state index is -1.71. The van der Waals surface area contributed by atoms with Crippen LogP contribution in [0.4, 0.5) is 5.69 Å². The number of aromatic nitrogens is 2. The molecule has 1 aromatic rings. The van der Waals surface area contributed by atoms with Gasteiger partial charge in [0.2, 0.25) is 0 Å². The van der Waals surface area contributed by atoms with E-state index in [0.29, 0.717) is 29.1 Å². The van der Waals surface area contributed by atoms with Crippen LogP contribution in [0.5, 0.6) is 0 Å². The molecule has 0 atom stereocenters. The van der Waals surface area contributed by atoms with Gasteiger partial charge in [0, 0.05) is 6.54 Å². The molecule has 0 fully saturated rings. The van der Waals surface area contributed by atoms with E-state index in [0.717, 1.165) is 0 Å². The van der Waals surface area contributed by atoms with Crippen molar-refractivity contribution in [3.63, 3.8) is 0 Å². The molecule has 1 N–H and O–H groups in total. The summed E-state index contributed by atoms with van der Waals surface area (Å²) in [7, 11) is -1.71. The average Bonchev–Trinajstić information content (AvgIpc) is 2.25. The second-order valence-corrected chi connectivity index (χ2v) is 11.4. The van der Waals surface area contributed by atoms with Crippen molar-refractivity contribution in [2.24, 2.45) is 0 Å². The van der Waals surface area contributed by atoms with Crippen molar-refractivity contribution in [3.8, 4) is 0 Å². The minimum Gasteiger partial charge on any atom is -0.415 e. The summed E-state index contributed by atoms with van der Waals surface area (Å²) in [5.74, 6) is 0. The van der Waals surface area contributed by atoms with Crippen molar-refractivity contribution < 1.29 is 4.43 Å². The zero-order valence-corrected chi connectivity index (χ0v) is 14.6. The van der Waals surface area contributed by atoms with Crippen molar-refractivity contribution in [3.05, 3.63) is 16.6 Å². The number of nitrogens with one attached hydrogen (secondary N) is 1. The van der Waals surface area contributed by atoms with Crippen molar-refractivity contribution in [2.75, 3.05) is 18.5 Å². The minimum absolute atomic E-state index is 0.206. The highest BCUT2D eigenvalue weighted by molar-refractivity contribution is 6.74. The van der Waals surface area contributed by atoms with Crippen LogP contribution in [0.1, 0.15) is 20.8 Å². The van der Waals surface area contributed by atoms with Crippen LogP contribution in [-0.4, -0.2) is 31.4 Å². The lowest BCUT2D eigenvalue weighted by Crippen LogP contribution is -2.41. The van der Waals surface area contributed by atoms with E-state index in [-0.39, 0.29) is 5.04 Å². The fourth-order valence-corrected chi connectivity index (χ4v) is 2.68. The lowest BCUT2D eigenvalue weighted by Gasteiger charge is -2.36. The molecular formula is C12H21Cl2N3OSi. The fourth-order valence-electron chi connectivity index (χ4n) is 1.19. The van der Waals surface area contributed by atoms with E-state index in [1.807, 2.05) is 0 Å². The summed E-state index contributed by atoms with van der Waals surface area (Å²) in [6, 6.07) is 0. The van der Waals surface area contributed by atoms with Crippen molar-refractivity contribution in [1.82, 2.24) is 9.97 Å². The van der Waals surface area contributed by atoms with Gasteiger partial charge in [-0.1, -0.05) is 44.0 Å². The molecule has 19 heavy (non-hydrogen) atoms. The first-order valence-corrected chi connectivity index (χ1v) is 9.85. The van der Waals surface area contributed by atoms with E-state index in [2.05, 4.69) is 49.1 Å². The molecule has 7 heteroatoms. The van der Waals surface area contributed by atoms with Crippen LogP contribution in [0.3, 0.4) is 0 Å². The van der Waals surface area contributed by atoms with Gasteiger partial charge in [-0.05, 0) is 18.1 Å². The third-order valence-corrected chi connectivity index (χ3v) is 8.54. The Morgan fingerprint density at radius 2 is 1.74 bits per heavy atom. The molecule has 1 rings (SSSR count). The summed E-state index contributed by atoms with van der Waals surface area (Å²) >= 11 is 11.9. The number of hydrogen-bond acceptors (Lipinski definition) is 4. The van der Waals surface area contributed by atoms with Crippen molar-refractivity contribution >= 4 is 37.2 Å². The molecule has 0 saturated heterocycles. The van der Waals surface area contributed by atoms with Gasteiger partial charge < -0.3 is 9.74 Å². The molecule has 0 aromatic carbocycles. The second kappa shape index (κ2) is 6.39. The number of nitrogens with zero attached hydrogens (tertiary/aromatic N) is 2. The molecule has 0 aliphatic carbocycles. The maximum absolute atomic E-state index is 6.04. The van der Waals surface area contributed by atoms with E-state index in [4.69, 9.17) is 27.6 Å². The lowest BCUT2D eigenvalue weighted by atomic mass is 10.2. The number of rotatable bonds is 5. The second-order valence-electron chi connectivity index (χ2n) is 5.87. The summed E-state index contributed by atoms with van der Waals surface area (Å²) < 4.78 is 6.04. The number of anilines is 1. The van der Waals surface area contributed by atoms with Gasteiger partial charge in [-0.2, -0.15) is 0 Å². The monoisotopic (exact) mass is 321 g/mol. The molecular weight excluding hydrogens is 301 g/mol. The summed E-state index contributed by atoms with van der Waals surface area (Å²) in [6.45, 7) is 12.3. The molecule has 0 radical (unpaired) electrons. The predicted molar refractivity (Wildman–Crippen MR) is 83.7 cm³/mol. The topological polar surface area (TPSA) is 47.0 Å². The molecule has 0 saturated carbocycles. The Hall–Kier alpha value is -0.363. The Kier molecular flexibility index (Phi) is 5.61. The van der Waals surface area contributed by atoms with Crippen LogP contribution >= 0.6 is 23.2 Å². The van der Waals surface area contributed by atoms with E-state index in [1.165, 1.54) is 6.33 Å². The highest BCUT2D eigenvalue weighted by Crippen LogP contribution is 2.36. The normalized spacial score (nSPS) is 12.6. The number of halogens is 2. The Morgan fingerprint density at radius 1 is 1.21 bits per heavy atom. The van der Waals surface area contributed by atoms with Gasteiger partial charge in [0.05, 0.1) is 6.61 Å². The first-order valence-electron chi connectivity index (χ1n) is 6.19. The van der Waals surface area contributed by atoms with Crippen LogP contribution in [0.2, 0.25) is 28.4 Å². The molecule has 1 heterocycles. The first kappa shape index (κ1) is 16.7. The summed E-state index contributed by atoms with van der Waals surface area (Å²) in [5.41, 5.74) is 0.560. The highest BCUT2D eigenvalue weighted by Gasteiger charge is 2.36. The Bertz CT molecular complexity index is 415. The maximum atomic E-state index is 6.04. The van der Waals surface area contributed by atoms with Crippen LogP contribution < -0.4 is 5.32 Å². The third-order valence-electron chi connectivity index (χ3n) is 3.43. The zero-order chi connectivity index (χ0) is 14.7.